The lowest BCUT2D eigenvalue weighted by Crippen LogP contribution is -2.66. The maximum Gasteiger partial charge on any atom is 0.329 e. The van der Waals surface area contributed by atoms with E-state index in [9.17, 15) is 56.7 Å². The van der Waals surface area contributed by atoms with Crippen LogP contribution in [0.25, 0.3) is 0 Å². The Bertz CT molecular complexity index is 2160. The number of aliphatic hydroxyl groups excluding tert-OH is 1. The van der Waals surface area contributed by atoms with Gasteiger partial charge in [0.05, 0.1) is 0 Å². The van der Waals surface area contributed by atoms with Crippen LogP contribution in [0.15, 0.2) is 54.6 Å². The molecule has 0 unspecified atom stereocenters. The Morgan fingerprint density at radius 2 is 1.54 bits per heavy atom. The monoisotopic (exact) mass is 959 g/mol. The van der Waals surface area contributed by atoms with Gasteiger partial charge in [-0.05, 0) is 67.7 Å². The quantitative estimate of drug-likeness (QED) is 0.0788. The number of phenolic OH excluding ortho intramolecular Hbond substituents is 1. The van der Waals surface area contributed by atoms with E-state index < -0.39 is 125 Å². The van der Waals surface area contributed by atoms with Crippen LogP contribution in [-0.2, 0) is 70.5 Å². The maximum atomic E-state index is 14.9. The SMILES string of the molecule is CC[C@H](C)[C@@H]1NC(=O)[C@H](Cc2ccccc2)N(C)C(=O)[C@H]([C@@H](C)CC)N2C(=O)[C@H](CC[C@H]2O)NC(=O)[C@H](CCc2ccc(O)cc2)NC(=O)[C@@H](NC(=O)[C@@H](COS(=O)(=O)[O-])OC)[C@@H](C)OC1=O. The molecule has 21 nitrogen and oxygen atoms in total. The zero-order valence-corrected chi connectivity index (χ0v) is 39.5. The van der Waals surface area contributed by atoms with E-state index in [1.165, 1.54) is 31.0 Å². The normalized spacial score (nSPS) is 26.4. The number of likely N-dealkylation sites (N-methyl/N-ethyl adjacent to an activating group) is 1. The first kappa shape index (κ1) is 53.9. The Morgan fingerprint density at radius 1 is 0.896 bits per heavy atom. The third kappa shape index (κ3) is 14.7. The van der Waals surface area contributed by atoms with Crippen molar-refractivity contribution in [2.45, 2.75) is 134 Å². The van der Waals surface area contributed by atoms with E-state index in [1.54, 1.807) is 70.2 Å². The average Bonchev–Trinajstić information content (AvgIpc) is 3.29. The van der Waals surface area contributed by atoms with Crippen molar-refractivity contribution in [2.24, 2.45) is 11.8 Å². The molecule has 22 heteroatoms. The lowest BCUT2D eigenvalue weighted by atomic mass is 9.91. The highest BCUT2D eigenvalue weighted by Gasteiger charge is 2.47. The molecule has 0 aliphatic carbocycles. The number of amides is 6. The van der Waals surface area contributed by atoms with Gasteiger partial charge in [0.2, 0.25) is 39.9 Å². The first-order valence-electron chi connectivity index (χ1n) is 22.2. The number of cyclic esters (lactones) is 1. The molecule has 2 fully saturated rings. The molecule has 11 atom stereocenters. The number of nitrogens with one attached hydrogen (secondary N) is 4. The van der Waals surface area contributed by atoms with Gasteiger partial charge in [-0.1, -0.05) is 83.0 Å². The van der Waals surface area contributed by atoms with E-state index in [-0.39, 0.29) is 37.9 Å². The van der Waals surface area contributed by atoms with Crippen molar-refractivity contribution < 1.29 is 70.4 Å². The predicted octanol–water partition coefficient (Wildman–Crippen LogP) is 0.172. The van der Waals surface area contributed by atoms with Crippen LogP contribution in [-0.4, -0.2) is 150 Å². The largest absolute Gasteiger partial charge is 0.726 e. The molecule has 2 aromatic carbocycles. The van der Waals surface area contributed by atoms with Crippen LogP contribution in [0.2, 0.25) is 0 Å². The summed E-state index contributed by atoms with van der Waals surface area (Å²) in [4.78, 5) is 103. The molecule has 4 rings (SSSR count). The van der Waals surface area contributed by atoms with Crippen LogP contribution in [0.3, 0.4) is 0 Å². The number of rotatable bonds is 15. The van der Waals surface area contributed by atoms with Crippen LogP contribution in [0, 0.1) is 11.8 Å². The van der Waals surface area contributed by atoms with E-state index in [2.05, 4.69) is 25.5 Å². The molecular formula is C45H63N6O15S-. The van der Waals surface area contributed by atoms with E-state index in [4.69, 9.17) is 9.47 Å². The van der Waals surface area contributed by atoms with Gasteiger partial charge in [-0.15, -0.1) is 0 Å². The zero-order chi connectivity index (χ0) is 49.7. The number of esters is 1. The van der Waals surface area contributed by atoms with Gasteiger partial charge in [0.15, 0.2) is 6.10 Å². The average molecular weight is 960 g/mol. The number of benzene rings is 2. The molecule has 2 aliphatic rings. The molecule has 2 aromatic rings. The summed E-state index contributed by atoms with van der Waals surface area (Å²) in [7, 11) is -2.91. The maximum absolute atomic E-state index is 14.9. The Kier molecular flexibility index (Phi) is 19.6. The minimum absolute atomic E-state index is 0.0267. The first-order valence-corrected chi connectivity index (χ1v) is 23.6. The summed E-state index contributed by atoms with van der Waals surface area (Å²) in [5.41, 5.74) is 1.27. The number of aliphatic hydroxyl groups is 1. The molecule has 2 aliphatic heterocycles. The smallest absolute Gasteiger partial charge is 0.329 e. The summed E-state index contributed by atoms with van der Waals surface area (Å²) in [6.07, 6.45) is -4.40. The standard InChI is InChI=1S/C45H64N6O15S/c1-8-25(3)36-45(60)66-27(5)37(49-41(56)34(64-7)24-65-67(61,62)63)42(57)46-31(20-17-28-15-18-30(52)19-16-28)39(54)47-32-21-22-35(53)51(43(32)58)38(26(4)9-2)44(59)50(6)33(40(55)48-36)23-29-13-11-10-12-14-29/h10-16,18-19,25-27,31-38,52-53H,8-9,17,20-24H2,1-7H3,(H,46,57)(H,47,54)(H,48,55)(H,49,56)(H,61,62,63)/p-1/t25-,26-,27+,31-,32-,33-,34+,35+,36-,37-,38-/m0/s1. The van der Waals surface area contributed by atoms with Crippen LogP contribution in [0.4, 0.5) is 0 Å². The molecule has 0 aromatic heterocycles. The number of hydrogen-bond acceptors (Lipinski definition) is 15. The summed E-state index contributed by atoms with van der Waals surface area (Å²) >= 11 is 0. The topological polar surface area (TPSA) is 299 Å². The molecule has 370 valence electrons. The van der Waals surface area contributed by atoms with Gasteiger partial charge in [0.1, 0.15) is 60.9 Å². The highest BCUT2D eigenvalue weighted by molar-refractivity contribution is 7.80. The molecule has 67 heavy (non-hydrogen) atoms. The Hall–Kier alpha value is -5.68. The summed E-state index contributed by atoms with van der Waals surface area (Å²) < 4.78 is 48.8. The molecule has 2 heterocycles. The minimum atomic E-state index is -5.30. The van der Waals surface area contributed by atoms with Gasteiger partial charge in [-0.25, -0.2) is 13.2 Å². The van der Waals surface area contributed by atoms with Gasteiger partial charge in [0.25, 0.3) is 5.91 Å². The van der Waals surface area contributed by atoms with Crippen molar-refractivity contribution in [3.8, 4) is 5.75 Å². The third-order valence-corrected chi connectivity index (χ3v) is 12.8. The van der Waals surface area contributed by atoms with Gasteiger partial charge in [-0.3, -0.25) is 33.0 Å². The number of methoxy groups -OCH3 is 1. The number of aryl methyl sites for hydroxylation is 1. The number of phenols is 1. The van der Waals surface area contributed by atoms with E-state index in [0.717, 1.165) is 12.0 Å². The molecule has 0 spiro atoms. The molecule has 6 amide bonds. The number of hydrogen-bond donors (Lipinski definition) is 6. The summed E-state index contributed by atoms with van der Waals surface area (Å²) in [5, 5.41) is 31.7. The van der Waals surface area contributed by atoms with E-state index in [0.29, 0.717) is 24.0 Å². The number of carbonyl (C=O) groups excluding carboxylic acids is 7. The van der Waals surface area contributed by atoms with Crippen LogP contribution >= 0.6 is 0 Å². The van der Waals surface area contributed by atoms with E-state index >= 15 is 0 Å². The Morgan fingerprint density at radius 3 is 2.13 bits per heavy atom. The zero-order valence-electron chi connectivity index (χ0n) is 38.7. The molecule has 2 bridgehead atoms. The van der Waals surface area contributed by atoms with Crippen molar-refractivity contribution in [2.75, 3.05) is 20.8 Å². The number of piperidine rings is 1. The van der Waals surface area contributed by atoms with Crippen molar-refractivity contribution in [3.63, 3.8) is 0 Å². The summed E-state index contributed by atoms with van der Waals surface area (Å²) in [6, 6.07) is 6.06. The van der Waals surface area contributed by atoms with Crippen molar-refractivity contribution in [1.82, 2.24) is 31.1 Å². The predicted molar refractivity (Wildman–Crippen MR) is 238 cm³/mol. The molecule has 2 saturated heterocycles. The van der Waals surface area contributed by atoms with Crippen molar-refractivity contribution >= 4 is 51.8 Å². The number of ether oxygens (including phenoxy) is 2. The Balaban J connectivity index is 1.88. The van der Waals surface area contributed by atoms with E-state index in [1.807, 2.05) is 0 Å². The minimum Gasteiger partial charge on any atom is -0.726 e. The van der Waals surface area contributed by atoms with Crippen molar-refractivity contribution in [1.29, 1.82) is 0 Å². The fourth-order valence-electron chi connectivity index (χ4n) is 7.88. The van der Waals surface area contributed by atoms with Crippen molar-refractivity contribution in [3.05, 3.63) is 65.7 Å². The second-order valence-corrected chi connectivity index (χ2v) is 18.1. The van der Waals surface area contributed by atoms with Gasteiger partial charge in [0, 0.05) is 20.6 Å². The highest BCUT2D eigenvalue weighted by atomic mass is 32.3. The lowest BCUT2D eigenvalue weighted by molar-refractivity contribution is -0.168. The number of fused-ring (bicyclic) bond motifs is 2. The van der Waals surface area contributed by atoms with Gasteiger partial charge >= 0.3 is 5.97 Å². The summed E-state index contributed by atoms with van der Waals surface area (Å²) in [6.45, 7) is 7.06. The fourth-order valence-corrected chi connectivity index (χ4v) is 8.17. The highest BCUT2D eigenvalue weighted by Crippen LogP contribution is 2.28. The molecular weight excluding hydrogens is 897 g/mol. The number of nitrogens with zero attached hydrogens (tertiary/aromatic N) is 2. The van der Waals surface area contributed by atoms with Crippen LogP contribution < -0.4 is 21.3 Å². The second kappa shape index (κ2) is 24.4. The lowest BCUT2D eigenvalue weighted by Gasteiger charge is -2.44. The van der Waals surface area contributed by atoms with Crippen LogP contribution in [0.5, 0.6) is 5.75 Å². The first-order chi connectivity index (χ1) is 31.6. The van der Waals surface area contributed by atoms with Crippen LogP contribution in [0.1, 0.15) is 77.8 Å². The third-order valence-electron chi connectivity index (χ3n) is 12.4. The van der Waals surface area contributed by atoms with Gasteiger partial charge < -0.3 is 55.3 Å². The molecule has 0 radical (unpaired) electrons. The summed E-state index contributed by atoms with van der Waals surface area (Å²) in [5.74, 6) is -7.72. The molecule has 6 N–H and O–H groups in total. The Labute approximate surface area is 390 Å². The fraction of sp³-hybridized carbons (Fsp3) is 0.578. The second-order valence-electron chi connectivity index (χ2n) is 17.0. The molecule has 0 saturated carbocycles. The number of aromatic hydroxyl groups is 1. The number of carbonyl (C=O) groups is 7. The van der Waals surface area contributed by atoms with Gasteiger partial charge in [-0.2, -0.15) is 0 Å².